The van der Waals surface area contributed by atoms with Crippen molar-refractivity contribution in [1.82, 2.24) is 0 Å². The van der Waals surface area contributed by atoms with Crippen molar-refractivity contribution in [1.29, 1.82) is 0 Å². The number of fused-ring (bicyclic) bond motifs is 1. The molecule has 96 valence electrons. The van der Waals surface area contributed by atoms with Gasteiger partial charge in [0, 0.05) is 0 Å². The fraction of sp³-hybridized carbons (Fsp3) is 0.500. The van der Waals surface area contributed by atoms with Crippen molar-refractivity contribution in [3.05, 3.63) is 23.8 Å². The first kappa shape index (κ1) is 11.5. The monoisotopic (exact) mass is 247 g/mol. The molecule has 1 aliphatic heterocycles. The van der Waals surface area contributed by atoms with Gasteiger partial charge >= 0.3 is 0 Å². The van der Waals surface area contributed by atoms with E-state index in [-0.39, 0.29) is 12.5 Å². The summed E-state index contributed by atoms with van der Waals surface area (Å²) in [5.41, 5.74) is 1.52. The van der Waals surface area contributed by atoms with Crippen molar-refractivity contribution in [2.45, 2.75) is 31.8 Å². The molecule has 0 aromatic heterocycles. The van der Waals surface area contributed by atoms with E-state index in [1.54, 1.807) is 0 Å². The van der Waals surface area contributed by atoms with Gasteiger partial charge in [-0.05, 0) is 30.0 Å². The highest BCUT2D eigenvalue weighted by molar-refractivity contribution is 5.95. The van der Waals surface area contributed by atoms with Gasteiger partial charge in [0.1, 0.15) is 5.75 Å². The molecule has 1 aromatic carbocycles. The fourth-order valence-corrected chi connectivity index (χ4v) is 2.49. The van der Waals surface area contributed by atoms with Gasteiger partial charge in [-0.1, -0.05) is 25.3 Å². The second-order valence-corrected chi connectivity index (χ2v) is 5.14. The number of carbonyl (C=O) groups excluding carboxylic acids is 1. The Bertz CT molecular complexity index is 468. The highest BCUT2D eigenvalue weighted by Gasteiger charge is 2.23. The van der Waals surface area contributed by atoms with Crippen molar-refractivity contribution in [3.63, 3.8) is 0 Å². The summed E-state index contributed by atoms with van der Waals surface area (Å²) >= 11 is 0. The van der Waals surface area contributed by atoms with Crippen molar-refractivity contribution in [2.24, 2.45) is 5.92 Å². The summed E-state index contributed by atoms with van der Waals surface area (Å²) in [6.07, 6.45) is 4.10. The molecule has 1 unspecified atom stereocenters. The molecule has 1 fully saturated rings. The molecule has 0 spiro atoms. The van der Waals surface area contributed by atoms with E-state index in [9.17, 15) is 9.90 Å². The SMILES string of the molecule is O=C1COc2ccc(C(O)CC3CCC3)cc2N1. The van der Waals surface area contributed by atoms with Gasteiger partial charge in [0.2, 0.25) is 0 Å². The van der Waals surface area contributed by atoms with Gasteiger partial charge in [-0.3, -0.25) is 4.79 Å². The summed E-state index contributed by atoms with van der Waals surface area (Å²) < 4.78 is 5.29. The molecule has 1 heterocycles. The van der Waals surface area contributed by atoms with E-state index < -0.39 is 6.10 Å². The average Bonchev–Trinajstić information content (AvgIpc) is 2.32. The molecule has 0 bridgehead atoms. The molecule has 2 aliphatic rings. The van der Waals surface area contributed by atoms with Crippen LogP contribution in [-0.2, 0) is 4.79 Å². The molecule has 0 saturated heterocycles. The number of rotatable bonds is 3. The van der Waals surface area contributed by atoms with E-state index in [0.717, 1.165) is 12.0 Å². The van der Waals surface area contributed by atoms with Crippen molar-refractivity contribution in [3.8, 4) is 5.75 Å². The Balaban J connectivity index is 1.75. The number of aliphatic hydroxyl groups is 1. The Morgan fingerprint density at radius 2 is 2.28 bits per heavy atom. The number of amides is 1. The van der Waals surface area contributed by atoms with Crippen LogP contribution in [0.4, 0.5) is 5.69 Å². The van der Waals surface area contributed by atoms with Gasteiger partial charge in [-0.25, -0.2) is 0 Å². The minimum Gasteiger partial charge on any atom is -0.482 e. The van der Waals surface area contributed by atoms with Crippen molar-refractivity contribution >= 4 is 11.6 Å². The topological polar surface area (TPSA) is 58.6 Å². The summed E-state index contributed by atoms with van der Waals surface area (Å²) in [5, 5.41) is 12.9. The third-order valence-corrected chi connectivity index (χ3v) is 3.80. The fourth-order valence-electron chi connectivity index (χ4n) is 2.49. The highest BCUT2D eigenvalue weighted by Crippen LogP contribution is 2.37. The van der Waals surface area contributed by atoms with Crippen LogP contribution >= 0.6 is 0 Å². The second kappa shape index (κ2) is 4.61. The normalized spacial score (nSPS) is 20.4. The number of anilines is 1. The summed E-state index contributed by atoms with van der Waals surface area (Å²) in [7, 11) is 0. The maximum absolute atomic E-state index is 11.2. The molecule has 1 atom stereocenters. The van der Waals surface area contributed by atoms with Crippen LogP contribution in [0.15, 0.2) is 18.2 Å². The second-order valence-electron chi connectivity index (χ2n) is 5.14. The zero-order chi connectivity index (χ0) is 12.5. The predicted octanol–water partition coefficient (Wildman–Crippen LogP) is 2.24. The Hall–Kier alpha value is -1.55. The molecule has 3 rings (SSSR count). The minimum absolute atomic E-state index is 0.0664. The Kier molecular flexibility index (Phi) is 2.96. The highest BCUT2D eigenvalue weighted by atomic mass is 16.5. The lowest BCUT2D eigenvalue weighted by atomic mass is 9.80. The van der Waals surface area contributed by atoms with Gasteiger partial charge in [0.25, 0.3) is 5.91 Å². The molecule has 1 aliphatic carbocycles. The number of hydrogen-bond donors (Lipinski definition) is 2. The molecular formula is C14H17NO3. The molecule has 4 heteroatoms. The average molecular weight is 247 g/mol. The number of benzene rings is 1. The predicted molar refractivity (Wildman–Crippen MR) is 67.5 cm³/mol. The van der Waals surface area contributed by atoms with Crippen LogP contribution in [-0.4, -0.2) is 17.6 Å². The smallest absolute Gasteiger partial charge is 0.262 e. The summed E-state index contributed by atoms with van der Waals surface area (Å²) in [5.74, 6) is 1.18. The van der Waals surface area contributed by atoms with E-state index in [1.165, 1.54) is 19.3 Å². The molecule has 1 aromatic rings. The number of carbonyl (C=O) groups is 1. The van der Waals surface area contributed by atoms with Gasteiger partial charge in [0.05, 0.1) is 11.8 Å². The van der Waals surface area contributed by atoms with E-state index in [1.807, 2.05) is 18.2 Å². The maximum Gasteiger partial charge on any atom is 0.262 e. The molecule has 1 amide bonds. The van der Waals surface area contributed by atoms with Gasteiger partial charge < -0.3 is 15.2 Å². The van der Waals surface area contributed by atoms with E-state index in [0.29, 0.717) is 17.4 Å². The number of hydrogen-bond acceptors (Lipinski definition) is 3. The lowest BCUT2D eigenvalue weighted by Crippen LogP contribution is -2.25. The number of nitrogens with one attached hydrogen (secondary N) is 1. The van der Waals surface area contributed by atoms with Crippen LogP contribution in [0.3, 0.4) is 0 Å². The maximum atomic E-state index is 11.2. The molecule has 1 saturated carbocycles. The quantitative estimate of drug-likeness (QED) is 0.861. The van der Waals surface area contributed by atoms with Gasteiger partial charge in [-0.15, -0.1) is 0 Å². The van der Waals surface area contributed by atoms with Crippen LogP contribution in [0.2, 0.25) is 0 Å². The van der Waals surface area contributed by atoms with Crippen molar-refractivity contribution in [2.75, 3.05) is 11.9 Å². The Labute approximate surface area is 106 Å². The molecule has 2 N–H and O–H groups in total. The van der Waals surface area contributed by atoms with Crippen LogP contribution in [0.25, 0.3) is 0 Å². The molecule has 4 nitrogen and oxygen atoms in total. The third-order valence-electron chi connectivity index (χ3n) is 3.80. The zero-order valence-electron chi connectivity index (χ0n) is 10.2. The van der Waals surface area contributed by atoms with Crippen LogP contribution in [0.5, 0.6) is 5.75 Å². The lowest BCUT2D eigenvalue weighted by Gasteiger charge is -2.28. The largest absolute Gasteiger partial charge is 0.482 e. The minimum atomic E-state index is -0.445. The Morgan fingerprint density at radius 1 is 1.44 bits per heavy atom. The lowest BCUT2D eigenvalue weighted by molar-refractivity contribution is -0.118. The first-order chi connectivity index (χ1) is 8.72. The first-order valence-corrected chi connectivity index (χ1v) is 6.47. The number of aliphatic hydroxyl groups excluding tert-OH is 1. The zero-order valence-corrected chi connectivity index (χ0v) is 10.2. The first-order valence-electron chi connectivity index (χ1n) is 6.47. The summed E-state index contributed by atoms with van der Waals surface area (Å²) in [4.78, 5) is 11.2. The van der Waals surface area contributed by atoms with Gasteiger partial charge in [0.15, 0.2) is 6.61 Å². The Morgan fingerprint density at radius 3 is 3.00 bits per heavy atom. The molecular weight excluding hydrogens is 230 g/mol. The molecule has 0 radical (unpaired) electrons. The van der Waals surface area contributed by atoms with Crippen LogP contribution in [0, 0.1) is 5.92 Å². The van der Waals surface area contributed by atoms with E-state index in [2.05, 4.69) is 5.32 Å². The molecule has 18 heavy (non-hydrogen) atoms. The van der Waals surface area contributed by atoms with Crippen molar-refractivity contribution < 1.29 is 14.6 Å². The van der Waals surface area contributed by atoms with Crippen LogP contribution in [0.1, 0.15) is 37.4 Å². The van der Waals surface area contributed by atoms with E-state index in [4.69, 9.17) is 4.74 Å². The third kappa shape index (κ3) is 2.20. The summed E-state index contributed by atoms with van der Waals surface area (Å²) in [6.45, 7) is 0.0664. The van der Waals surface area contributed by atoms with Crippen LogP contribution < -0.4 is 10.1 Å². The van der Waals surface area contributed by atoms with Gasteiger partial charge in [-0.2, -0.15) is 0 Å². The van der Waals surface area contributed by atoms with E-state index >= 15 is 0 Å². The number of ether oxygens (including phenoxy) is 1. The standard InChI is InChI=1S/C14H17NO3/c16-12(6-9-2-1-3-9)10-4-5-13-11(7-10)15-14(17)8-18-13/h4-5,7,9,12,16H,1-3,6,8H2,(H,15,17). The summed E-state index contributed by atoms with van der Waals surface area (Å²) in [6, 6.07) is 5.50.